The lowest BCUT2D eigenvalue weighted by Crippen LogP contribution is -2.53. The van der Waals surface area contributed by atoms with Crippen LogP contribution in [-0.2, 0) is 4.79 Å². The predicted molar refractivity (Wildman–Crippen MR) is 82.7 cm³/mol. The summed E-state index contributed by atoms with van der Waals surface area (Å²) >= 11 is 0. The molecule has 5 nitrogen and oxygen atoms in total. The number of nitrogens with zero attached hydrogens (tertiary/aromatic N) is 2. The molecule has 0 aromatic heterocycles. The average Bonchev–Trinajstić information content (AvgIpc) is 2.97. The maximum atomic E-state index is 12.4. The van der Waals surface area contributed by atoms with Gasteiger partial charge in [0.1, 0.15) is 5.54 Å². The predicted octanol–water partition coefficient (Wildman–Crippen LogP) is 1.40. The second-order valence-electron chi connectivity index (χ2n) is 6.42. The van der Waals surface area contributed by atoms with E-state index < -0.39 is 5.54 Å². The third-order valence-electron chi connectivity index (χ3n) is 4.69. The van der Waals surface area contributed by atoms with Crippen LogP contribution in [0.2, 0.25) is 0 Å². The Balaban J connectivity index is 1.89. The number of piperidine rings is 1. The first-order chi connectivity index (χ1) is 10.2. The van der Waals surface area contributed by atoms with Crippen LogP contribution < -0.4 is 10.6 Å². The lowest BCUT2D eigenvalue weighted by molar-refractivity contribution is -0.124. The van der Waals surface area contributed by atoms with Gasteiger partial charge in [-0.3, -0.25) is 9.69 Å². The van der Waals surface area contributed by atoms with Crippen molar-refractivity contribution < 1.29 is 4.79 Å². The molecular weight excluding hydrogens is 264 g/mol. The van der Waals surface area contributed by atoms with Gasteiger partial charge in [-0.05, 0) is 58.0 Å². The quantitative estimate of drug-likeness (QED) is 0.776. The number of nitriles is 1. The molecule has 1 unspecified atom stereocenters. The van der Waals surface area contributed by atoms with Crippen LogP contribution in [0.1, 0.15) is 51.9 Å². The van der Waals surface area contributed by atoms with Crippen LogP contribution in [0, 0.1) is 11.3 Å². The fraction of sp³-hybridized carbons (Fsp3) is 0.875. The summed E-state index contributed by atoms with van der Waals surface area (Å²) in [6.07, 6.45) is 7.06. The van der Waals surface area contributed by atoms with Gasteiger partial charge in [-0.15, -0.1) is 0 Å². The highest BCUT2D eigenvalue weighted by molar-refractivity contribution is 5.79. The molecule has 1 aliphatic heterocycles. The Morgan fingerprint density at radius 3 is 2.76 bits per heavy atom. The van der Waals surface area contributed by atoms with E-state index in [1.54, 1.807) is 0 Å². The zero-order valence-corrected chi connectivity index (χ0v) is 13.2. The van der Waals surface area contributed by atoms with Gasteiger partial charge in [-0.1, -0.05) is 6.92 Å². The van der Waals surface area contributed by atoms with Gasteiger partial charge in [0.25, 0.3) is 0 Å². The number of hydrogen-bond acceptors (Lipinski definition) is 4. The molecule has 1 aliphatic carbocycles. The fourth-order valence-electron chi connectivity index (χ4n) is 3.56. The summed E-state index contributed by atoms with van der Waals surface area (Å²) in [4.78, 5) is 14.6. The monoisotopic (exact) mass is 292 g/mol. The summed E-state index contributed by atoms with van der Waals surface area (Å²) in [6, 6.07) is 2.78. The highest BCUT2D eigenvalue weighted by Gasteiger charge is 2.36. The van der Waals surface area contributed by atoms with Crippen LogP contribution in [0.25, 0.3) is 0 Å². The second kappa shape index (κ2) is 7.77. The molecule has 2 N–H and O–H groups in total. The van der Waals surface area contributed by atoms with E-state index in [0.29, 0.717) is 12.6 Å². The van der Waals surface area contributed by atoms with Crippen molar-refractivity contribution in [2.75, 3.05) is 26.2 Å². The number of rotatable bonds is 6. The molecule has 5 heteroatoms. The number of carbonyl (C=O) groups excluding carboxylic acids is 1. The zero-order chi connectivity index (χ0) is 15.1. The molecule has 2 fully saturated rings. The Bertz CT molecular complexity index is 378. The summed E-state index contributed by atoms with van der Waals surface area (Å²) in [5.74, 6) is 0.0115. The van der Waals surface area contributed by atoms with Crippen molar-refractivity contribution >= 4 is 5.91 Å². The van der Waals surface area contributed by atoms with Crippen molar-refractivity contribution in [1.82, 2.24) is 15.5 Å². The number of carbonyl (C=O) groups is 1. The molecule has 2 aliphatic rings. The zero-order valence-electron chi connectivity index (χ0n) is 13.2. The van der Waals surface area contributed by atoms with E-state index >= 15 is 0 Å². The molecule has 0 bridgehead atoms. The Labute approximate surface area is 128 Å². The molecule has 1 heterocycles. The number of nitrogens with one attached hydrogen (secondary N) is 2. The third kappa shape index (κ3) is 4.42. The smallest absolute Gasteiger partial charge is 0.235 e. The van der Waals surface area contributed by atoms with Crippen molar-refractivity contribution in [1.29, 1.82) is 5.26 Å². The van der Waals surface area contributed by atoms with Crippen molar-refractivity contribution in [2.45, 2.75) is 63.5 Å². The molecule has 2 rings (SSSR count). The van der Waals surface area contributed by atoms with Gasteiger partial charge in [0, 0.05) is 12.6 Å². The molecule has 0 aromatic rings. The van der Waals surface area contributed by atoms with Gasteiger partial charge in [0.05, 0.1) is 12.6 Å². The topological polar surface area (TPSA) is 68.2 Å². The third-order valence-corrected chi connectivity index (χ3v) is 4.69. The van der Waals surface area contributed by atoms with Crippen LogP contribution in [0.3, 0.4) is 0 Å². The number of hydrogen-bond donors (Lipinski definition) is 2. The van der Waals surface area contributed by atoms with Gasteiger partial charge in [-0.25, -0.2) is 0 Å². The molecule has 1 atom stereocenters. The fourth-order valence-corrected chi connectivity index (χ4v) is 3.56. The van der Waals surface area contributed by atoms with E-state index in [9.17, 15) is 10.1 Å². The minimum absolute atomic E-state index is 0.0115. The number of amides is 1. The SMILES string of the molecule is CCCN(CC(=O)NC1(C#N)CCCC1)C1CCCNC1. The first-order valence-corrected chi connectivity index (χ1v) is 8.36. The van der Waals surface area contributed by atoms with E-state index in [4.69, 9.17) is 0 Å². The molecule has 21 heavy (non-hydrogen) atoms. The summed E-state index contributed by atoms with van der Waals surface area (Å²) < 4.78 is 0. The van der Waals surface area contributed by atoms with Crippen molar-refractivity contribution in [3.8, 4) is 6.07 Å². The second-order valence-corrected chi connectivity index (χ2v) is 6.42. The molecular formula is C16H28N4O. The standard InChI is InChI=1S/C16H28N4O/c1-2-10-20(14-6-5-9-18-11-14)12-15(21)19-16(13-17)7-3-4-8-16/h14,18H,2-12H2,1H3,(H,19,21). The van der Waals surface area contributed by atoms with Crippen LogP contribution >= 0.6 is 0 Å². The highest BCUT2D eigenvalue weighted by atomic mass is 16.2. The Kier molecular flexibility index (Phi) is 6.01. The van der Waals surface area contributed by atoms with Gasteiger partial charge >= 0.3 is 0 Å². The van der Waals surface area contributed by atoms with Gasteiger partial charge in [0.15, 0.2) is 0 Å². The lowest BCUT2D eigenvalue weighted by atomic mass is 10.00. The van der Waals surface area contributed by atoms with E-state index in [0.717, 1.165) is 58.2 Å². The minimum atomic E-state index is -0.597. The maximum absolute atomic E-state index is 12.4. The average molecular weight is 292 g/mol. The van der Waals surface area contributed by atoms with Crippen molar-refractivity contribution in [3.63, 3.8) is 0 Å². The summed E-state index contributed by atoms with van der Waals surface area (Å²) in [7, 11) is 0. The van der Waals surface area contributed by atoms with Crippen LogP contribution in [-0.4, -0.2) is 48.6 Å². The van der Waals surface area contributed by atoms with Gasteiger partial charge in [0.2, 0.25) is 5.91 Å². The lowest BCUT2D eigenvalue weighted by Gasteiger charge is -2.34. The highest BCUT2D eigenvalue weighted by Crippen LogP contribution is 2.28. The largest absolute Gasteiger partial charge is 0.337 e. The van der Waals surface area contributed by atoms with Crippen LogP contribution in [0.5, 0.6) is 0 Å². The van der Waals surface area contributed by atoms with E-state index in [1.807, 2.05) is 0 Å². The molecule has 1 saturated heterocycles. The van der Waals surface area contributed by atoms with Crippen molar-refractivity contribution in [3.05, 3.63) is 0 Å². The Morgan fingerprint density at radius 2 is 2.19 bits per heavy atom. The Morgan fingerprint density at radius 1 is 1.43 bits per heavy atom. The minimum Gasteiger partial charge on any atom is -0.337 e. The summed E-state index contributed by atoms with van der Waals surface area (Å²) in [5, 5.41) is 15.8. The summed E-state index contributed by atoms with van der Waals surface area (Å²) in [5.41, 5.74) is -0.597. The molecule has 0 radical (unpaired) electrons. The maximum Gasteiger partial charge on any atom is 0.235 e. The first-order valence-electron chi connectivity index (χ1n) is 8.36. The van der Waals surface area contributed by atoms with Crippen LogP contribution in [0.4, 0.5) is 0 Å². The summed E-state index contributed by atoms with van der Waals surface area (Å²) in [6.45, 7) is 5.56. The molecule has 0 spiro atoms. The van der Waals surface area contributed by atoms with E-state index in [-0.39, 0.29) is 5.91 Å². The van der Waals surface area contributed by atoms with Crippen LogP contribution in [0.15, 0.2) is 0 Å². The van der Waals surface area contributed by atoms with E-state index in [2.05, 4.69) is 28.5 Å². The van der Waals surface area contributed by atoms with Gasteiger partial charge < -0.3 is 10.6 Å². The normalized spacial score (nSPS) is 24.7. The molecule has 0 aromatic carbocycles. The molecule has 1 saturated carbocycles. The van der Waals surface area contributed by atoms with Crippen molar-refractivity contribution in [2.24, 2.45) is 0 Å². The van der Waals surface area contributed by atoms with Gasteiger partial charge in [-0.2, -0.15) is 5.26 Å². The first kappa shape index (κ1) is 16.3. The molecule has 1 amide bonds. The van der Waals surface area contributed by atoms with E-state index in [1.165, 1.54) is 6.42 Å². The Hall–Kier alpha value is -1.12. The molecule has 118 valence electrons.